The molecule has 0 aliphatic rings. The molecular formula is C14H17N3O. The molecule has 0 fully saturated rings. The van der Waals surface area contributed by atoms with Crippen molar-refractivity contribution in [2.75, 3.05) is 6.61 Å². The number of benzene rings is 1. The molecule has 1 aromatic carbocycles. The Bertz CT molecular complexity index is 487. The second-order valence-corrected chi connectivity index (χ2v) is 4.23. The molecule has 4 nitrogen and oxygen atoms in total. The zero-order chi connectivity index (χ0) is 12.8. The smallest absolute Gasteiger partial charge is 0.119 e. The number of aryl methyl sites for hydroxylation is 1. The van der Waals surface area contributed by atoms with E-state index >= 15 is 0 Å². The highest BCUT2D eigenvalue weighted by Crippen LogP contribution is 2.15. The highest BCUT2D eigenvalue weighted by Gasteiger charge is 2.06. The molecule has 0 saturated heterocycles. The van der Waals surface area contributed by atoms with Gasteiger partial charge in [0.15, 0.2) is 0 Å². The van der Waals surface area contributed by atoms with Crippen LogP contribution in [0.2, 0.25) is 0 Å². The summed E-state index contributed by atoms with van der Waals surface area (Å²) in [5.74, 6) is 0.881. The third kappa shape index (κ3) is 3.53. The van der Waals surface area contributed by atoms with E-state index in [1.54, 1.807) is 12.4 Å². The summed E-state index contributed by atoms with van der Waals surface area (Å²) >= 11 is 0. The van der Waals surface area contributed by atoms with Gasteiger partial charge in [-0.25, -0.2) is 9.97 Å². The number of hydrogen-bond acceptors (Lipinski definition) is 4. The zero-order valence-corrected chi connectivity index (χ0v) is 10.4. The minimum atomic E-state index is -0.0870. The van der Waals surface area contributed by atoms with Gasteiger partial charge in [-0.05, 0) is 24.6 Å². The molecule has 1 aromatic heterocycles. The van der Waals surface area contributed by atoms with Crippen molar-refractivity contribution < 1.29 is 4.74 Å². The topological polar surface area (TPSA) is 61.0 Å². The first-order valence-corrected chi connectivity index (χ1v) is 5.95. The van der Waals surface area contributed by atoms with E-state index in [0.29, 0.717) is 6.61 Å². The predicted octanol–water partition coefficient (Wildman–Crippen LogP) is 2.25. The summed E-state index contributed by atoms with van der Waals surface area (Å²) < 4.78 is 5.66. The molecule has 4 heteroatoms. The molecular weight excluding hydrogens is 226 g/mol. The summed E-state index contributed by atoms with van der Waals surface area (Å²) in [6.07, 6.45) is 5.72. The van der Waals surface area contributed by atoms with Crippen LogP contribution in [-0.2, 0) is 0 Å². The monoisotopic (exact) mass is 243 g/mol. The first-order valence-electron chi connectivity index (χ1n) is 5.95. The lowest BCUT2D eigenvalue weighted by Gasteiger charge is -2.12. The largest absolute Gasteiger partial charge is 0.494 e. The molecule has 0 saturated carbocycles. The van der Waals surface area contributed by atoms with Gasteiger partial charge in [0, 0.05) is 30.4 Å². The van der Waals surface area contributed by atoms with Gasteiger partial charge >= 0.3 is 0 Å². The minimum absolute atomic E-state index is 0.0870. The van der Waals surface area contributed by atoms with Crippen molar-refractivity contribution in [1.29, 1.82) is 0 Å². The van der Waals surface area contributed by atoms with Crippen molar-refractivity contribution in [3.8, 4) is 5.75 Å². The fourth-order valence-electron chi connectivity index (χ4n) is 1.68. The van der Waals surface area contributed by atoms with E-state index in [9.17, 15) is 0 Å². The normalized spacial score (nSPS) is 12.1. The summed E-state index contributed by atoms with van der Waals surface area (Å²) in [6.45, 7) is 2.62. The maximum Gasteiger partial charge on any atom is 0.119 e. The summed E-state index contributed by atoms with van der Waals surface area (Å²) in [6, 6.07) is 7.90. The Balaban J connectivity index is 1.82. The van der Waals surface area contributed by atoms with Gasteiger partial charge in [0.2, 0.25) is 0 Å². The molecule has 2 N–H and O–H groups in total. The van der Waals surface area contributed by atoms with E-state index in [1.165, 1.54) is 11.9 Å². The fraction of sp³-hybridized carbons (Fsp3) is 0.286. The van der Waals surface area contributed by atoms with Crippen molar-refractivity contribution in [1.82, 2.24) is 9.97 Å². The number of nitrogens with two attached hydrogens (primary N) is 1. The molecule has 0 bridgehead atoms. The highest BCUT2D eigenvalue weighted by molar-refractivity contribution is 5.27. The van der Waals surface area contributed by atoms with Crippen LogP contribution >= 0.6 is 0 Å². The van der Waals surface area contributed by atoms with Gasteiger partial charge in [0.1, 0.15) is 12.1 Å². The lowest BCUT2D eigenvalue weighted by Crippen LogP contribution is -2.14. The molecule has 18 heavy (non-hydrogen) atoms. The number of ether oxygens (including phenoxy) is 1. The van der Waals surface area contributed by atoms with Gasteiger partial charge < -0.3 is 10.5 Å². The van der Waals surface area contributed by atoms with Crippen LogP contribution in [0.25, 0.3) is 0 Å². The molecule has 2 aromatic rings. The molecule has 94 valence electrons. The molecule has 0 radical (unpaired) electrons. The van der Waals surface area contributed by atoms with Crippen molar-refractivity contribution in [2.45, 2.75) is 19.4 Å². The van der Waals surface area contributed by atoms with Gasteiger partial charge in [-0.1, -0.05) is 12.1 Å². The van der Waals surface area contributed by atoms with E-state index < -0.39 is 0 Å². The number of aromatic nitrogens is 2. The Morgan fingerprint density at radius 2 is 2.06 bits per heavy atom. The SMILES string of the molecule is Cc1cccc(OCCC(N)c2cncnc2)c1. The van der Waals surface area contributed by atoms with Crippen LogP contribution < -0.4 is 10.5 Å². The second-order valence-electron chi connectivity index (χ2n) is 4.23. The van der Waals surface area contributed by atoms with Gasteiger partial charge in [0.05, 0.1) is 6.61 Å². The van der Waals surface area contributed by atoms with E-state index in [1.807, 2.05) is 31.2 Å². The van der Waals surface area contributed by atoms with Crippen LogP contribution in [0.3, 0.4) is 0 Å². The second kappa shape index (κ2) is 6.12. The number of nitrogens with zero attached hydrogens (tertiary/aromatic N) is 2. The summed E-state index contributed by atoms with van der Waals surface area (Å²) in [5, 5.41) is 0. The standard InChI is InChI=1S/C14H17N3O/c1-11-3-2-4-13(7-11)18-6-5-14(15)12-8-16-10-17-9-12/h2-4,7-10,14H,5-6,15H2,1H3. The quantitative estimate of drug-likeness (QED) is 0.875. The third-order valence-corrected chi connectivity index (χ3v) is 2.70. The number of hydrogen-bond donors (Lipinski definition) is 1. The van der Waals surface area contributed by atoms with Crippen LogP contribution in [0.15, 0.2) is 43.0 Å². The minimum Gasteiger partial charge on any atom is -0.494 e. The average molecular weight is 243 g/mol. The Kier molecular flexibility index (Phi) is 4.25. The molecule has 0 aliphatic carbocycles. The average Bonchev–Trinajstić information content (AvgIpc) is 2.40. The molecule has 1 unspecified atom stereocenters. The Morgan fingerprint density at radius 1 is 1.28 bits per heavy atom. The molecule has 1 atom stereocenters. The molecule has 1 heterocycles. The maximum atomic E-state index is 6.03. The van der Waals surface area contributed by atoms with Gasteiger partial charge in [-0.2, -0.15) is 0 Å². The lowest BCUT2D eigenvalue weighted by atomic mass is 10.1. The zero-order valence-electron chi connectivity index (χ0n) is 10.4. The van der Waals surface area contributed by atoms with Crippen molar-refractivity contribution in [2.24, 2.45) is 5.73 Å². The number of rotatable bonds is 5. The third-order valence-electron chi connectivity index (χ3n) is 2.70. The first kappa shape index (κ1) is 12.5. The van der Waals surface area contributed by atoms with Crippen molar-refractivity contribution in [3.05, 3.63) is 54.1 Å². The maximum absolute atomic E-state index is 6.03. The van der Waals surface area contributed by atoms with Crippen molar-refractivity contribution >= 4 is 0 Å². The molecule has 0 spiro atoms. The van der Waals surface area contributed by atoms with Crippen LogP contribution in [0.1, 0.15) is 23.6 Å². The van der Waals surface area contributed by atoms with E-state index in [0.717, 1.165) is 17.7 Å². The Hall–Kier alpha value is -1.94. The van der Waals surface area contributed by atoms with Gasteiger partial charge in [0.25, 0.3) is 0 Å². The van der Waals surface area contributed by atoms with Crippen LogP contribution in [0.5, 0.6) is 5.75 Å². The van der Waals surface area contributed by atoms with Crippen LogP contribution in [-0.4, -0.2) is 16.6 Å². The first-order chi connectivity index (χ1) is 8.75. The molecule has 0 aliphatic heterocycles. The van der Waals surface area contributed by atoms with Gasteiger partial charge in [-0.3, -0.25) is 0 Å². The molecule has 0 amide bonds. The Morgan fingerprint density at radius 3 is 2.78 bits per heavy atom. The summed E-state index contributed by atoms with van der Waals surface area (Å²) in [5.41, 5.74) is 8.15. The summed E-state index contributed by atoms with van der Waals surface area (Å²) in [4.78, 5) is 7.90. The lowest BCUT2D eigenvalue weighted by molar-refractivity contribution is 0.298. The highest BCUT2D eigenvalue weighted by atomic mass is 16.5. The Labute approximate surface area is 107 Å². The van der Waals surface area contributed by atoms with Crippen LogP contribution in [0.4, 0.5) is 0 Å². The predicted molar refractivity (Wildman–Crippen MR) is 70.3 cm³/mol. The summed E-state index contributed by atoms with van der Waals surface area (Å²) in [7, 11) is 0. The van der Waals surface area contributed by atoms with E-state index in [2.05, 4.69) is 9.97 Å². The van der Waals surface area contributed by atoms with E-state index in [4.69, 9.17) is 10.5 Å². The molecule has 2 rings (SSSR count). The van der Waals surface area contributed by atoms with E-state index in [-0.39, 0.29) is 6.04 Å². The van der Waals surface area contributed by atoms with Gasteiger partial charge in [-0.15, -0.1) is 0 Å². The fourth-order valence-corrected chi connectivity index (χ4v) is 1.68. The van der Waals surface area contributed by atoms with Crippen molar-refractivity contribution in [3.63, 3.8) is 0 Å². The van der Waals surface area contributed by atoms with Crippen LogP contribution in [0, 0.1) is 6.92 Å².